The van der Waals surface area contributed by atoms with E-state index in [4.69, 9.17) is 9.47 Å². The van der Waals surface area contributed by atoms with Gasteiger partial charge in [-0.05, 0) is 26.2 Å². The number of likely N-dealkylation sites (tertiary alicyclic amines) is 1. The normalized spacial score (nSPS) is 15.3. The molecule has 134 valence electrons. The molecule has 23 heavy (non-hydrogen) atoms. The molecule has 0 aliphatic carbocycles. The molecular formula is C16H32N4O3. The standard InChI is InChI=1S/C16H32N4O3/c1-3-17-16(19-9-6-12-23-14-13-22-2)18-8-5-11-20-10-4-7-15(20)21/h3-14H2,1-2H3,(H2,17,18,19). The number of hydrogen-bond donors (Lipinski definition) is 2. The summed E-state index contributed by atoms with van der Waals surface area (Å²) >= 11 is 0. The van der Waals surface area contributed by atoms with Crippen LogP contribution in [0.4, 0.5) is 0 Å². The van der Waals surface area contributed by atoms with Crippen LogP contribution in [0.1, 0.15) is 32.6 Å². The van der Waals surface area contributed by atoms with Gasteiger partial charge in [-0.1, -0.05) is 0 Å². The van der Waals surface area contributed by atoms with Crippen LogP contribution in [0.2, 0.25) is 0 Å². The predicted octanol–water partition coefficient (Wildman–Crippen LogP) is 0.607. The molecule has 7 nitrogen and oxygen atoms in total. The summed E-state index contributed by atoms with van der Waals surface area (Å²) in [5.41, 5.74) is 0. The van der Waals surface area contributed by atoms with Gasteiger partial charge in [0.05, 0.1) is 13.2 Å². The average Bonchev–Trinajstić information content (AvgIpc) is 2.95. The lowest BCUT2D eigenvalue weighted by Gasteiger charge is -2.15. The molecule has 0 radical (unpaired) electrons. The summed E-state index contributed by atoms with van der Waals surface area (Å²) in [6.07, 6.45) is 3.54. The van der Waals surface area contributed by atoms with Crippen molar-refractivity contribution in [1.82, 2.24) is 15.5 Å². The van der Waals surface area contributed by atoms with E-state index in [9.17, 15) is 4.79 Å². The van der Waals surface area contributed by atoms with Crippen molar-refractivity contribution in [2.24, 2.45) is 4.99 Å². The number of carbonyl (C=O) groups is 1. The van der Waals surface area contributed by atoms with Crippen LogP contribution in [0.15, 0.2) is 4.99 Å². The summed E-state index contributed by atoms with van der Waals surface area (Å²) in [7, 11) is 1.67. The molecule has 1 saturated heterocycles. The van der Waals surface area contributed by atoms with Gasteiger partial charge in [-0.25, -0.2) is 0 Å². The molecule has 0 aromatic rings. The Hall–Kier alpha value is -1.34. The van der Waals surface area contributed by atoms with Crippen LogP contribution >= 0.6 is 0 Å². The van der Waals surface area contributed by atoms with Crippen molar-refractivity contribution >= 4 is 11.9 Å². The molecule has 0 aromatic carbocycles. The highest BCUT2D eigenvalue weighted by molar-refractivity contribution is 5.79. The molecule has 0 aromatic heterocycles. The van der Waals surface area contributed by atoms with Crippen molar-refractivity contribution in [3.05, 3.63) is 0 Å². The van der Waals surface area contributed by atoms with Crippen LogP contribution in [-0.4, -0.2) is 76.4 Å². The van der Waals surface area contributed by atoms with Crippen molar-refractivity contribution in [1.29, 1.82) is 0 Å². The molecule has 1 fully saturated rings. The fourth-order valence-corrected chi connectivity index (χ4v) is 2.36. The zero-order valence-corrected chi connectivity index (χ0v) is 14.6. The first-order valence-electron chi connectivity index (χ1n) is 8.64. The monoisotopic (exact) mass is 328 g/mol. The van der Waals surface area contributed by atoms with E-state index in [-0.39, 0.29) is 5.91 Å². The van der Waals surface area contributed by atoms with Crippen LogP contribution in [0.5, 0.6) is 0 Å². The Bertz CT molecular complexity index is 350. The molecule has 0 unspecified atom stereocenters. The Balaban J connectivity index is 2.10. The average molecular weight is 328 g/mol. The largest absolute Gasteiger partial charge is 0.382 e. The highest BCUT2D eigenvalue weighted by atomic mass is 16.5. The fraction of sp³-hybridized carbons (Fsp3) is 0.875. The molecule has 1 aliphatic rings. The molecule has 0 saturated carbocycles. The molecule has 2 N–H and O–H groups in total. The highest BCUT2D eigenvalue weighted by Crippen LogP contribution is 2.09. The minimum atomic E-state index is 0.285. The van der Waals surface area contributed by atoms with Gasteiger partial charge >= 0.3 is 0 Å². The zero-order valence-electron chi connectivity index (χ0n) is 14.6. The first-order valence-corrected chi connectivity index (χ1v) is 8.64. The summed E-state index contributed by atoms with van der Waals surface area (Å²) in [5, 5.41) is 6.52. The second-order valence-electron chi connectivity index (χ2n) is 5.48. The first-order chi connectivity index (χ1) is 11.3. The van der Waals surface area contributed by atoms with Gasteiger partial charge in [-0.15, -0.1) is 0 Å². The van der Waals surface area contributed by atoms with E-state index >= 15 is 0 Å². The van der Waals surface area contributed by atoms with E-state index in [1.165, 1.54) is 0 Å². The maximum atomic E-state index is 11.5. The maximum Gasteiger partial charge on any atom is 0.222 e. The van der Waals surface area contributed by atoms with Gasteiger partial charge in [0.25, 0.3) is 0 Å². The van der Waals surface area contributed by atoms with Crippen LogP contribution in [0.3, 0.4) is 0 Å². The summed E-state index contributed by atoms with van der Waals surface area (Å²) in [6, 6.07) is 0. The van der Waals surface area contributed by atoms with Gasteiger partial charge in [0.1, 0.15) is 0 Å². The lowest BCUT2D eigenvalue weighted by atomic mass is 10.4. The number of nitrogens with one attached hydrogen (secondary N) is 2. The Morgan fingerprint density at radius 2 is 2.13 bits per heavy atom. The number of ether oxygens (including phenoxy) is 2. The molecule has 1 heterocycles. The first kappa shape index (κ1) is 19.7. The van der Waals surface area contributed by atoms with E-state index in [1.807, 2.05) is 11.8 Å². The van der Waals surface area contributed by atoms with Crippen molar-refractivity contribution < 1.29 is 14.3 Å². The van der Waals surface area contributed by atoms with Gasteiger partial charge in [0.2, 0.25) is 5.91 Å². The Labute approximate surface area is 139 Å². The van der Waals surface area contributed by atoms with Gasteiger partial charge < -0.3 is 25.0 Å². The topological polar surface area (TPSA) is 75.2 Å². The van der Waals surface area contributed by atoms with Gasteiger partial charge in [-0.2, -0.15) is 0 Å². The molecule has 0 atom stereocenters. The second kappa shape index (κ2) is 13.1. The molecule has 7 heteroatoms. The van der Waals surface area contributed by atoms with Gasteiger partial charge in [0.15, 0.2) is 5.96 Å². The lowest BCUT2D eigenvalue weighted by molar-refractivity contribution is -0.127. The number of guanidine groups is 1. The van der Waals surface area contributed by atoms with Crippen LogP contribution in [0.25, 0.3) is 0 Å². The second-order valence-corrected chi connectivity index (χ2v) is 5.48. The van der Waals surface area contributed by atoms with Crippen molar-refractivity contribution in [3.8, 4) is 0 Å². The highest BCUT2D eigenvalue weighted by Gasteiger charge is 2.18. The summed E-state index contributed by atoms with van der Waals surface area (Å²) in [4.78, 5) is 18.0. The summed E-state index contributed by atoms with van der Waals surface area (Å²) < 4.78 is 10.3. The van der Waals surface area contributed by atoms with E-state index in [2.05, 4.69) is 15.6 Å². The number of rotatable bonds is 12. The molecule has 1 amide bonds. The van der Waals surface area contributed by atoms with Gasteiger partial charge in [-0.3, -0.25) is 9.79 Å². The fourth-order valence-electron chi connectivity index (χ4n) is 2.36. The number of amides is 1. The van der Waals surface area contributed by atoms with Crippen LogP contribution < -0.4 is 10.6 Å². The van der Waals surface area contributed by atoms with E-state index < -0.39 is 0 Å². The molecule has 0 bridgehead atoms. The van der Waals surface area contributed by atoms with Crippen LogP contribution in [-0.2, 0) is 14.3 Å². The van der Waals surface area contributed by atoms with E-state index in [0.717, 1.165) is 57.9 Å². The zero-order chi connectivity index (χ0) is 16.8. The summed E-state index contributed by atoms with van der Waals surface area (Å²) in [5.74, 6) is 1.12. The predicted molar refractivity (Wildman–Crippen MR) is 91.7 cm³/mol. The number of hydrogen-bond acceptors (Lipinski definition) is 4. The SMILES string of the molecule is CCNC(=NCCCN1CCCC1=O)NCCCOCCOC. The molecule has 1 aliphatic heterocycles. The Morgan fingerprint density at radius 1 is 1.26 bits per heavy atom. The van der Waals surface area contributed by atoms with Crippen molar-refractivity contribution in [2.45, 2.75) is 32.6 Å². The number of methoxy groups -OCH3 is 1. The smallest absolute Gasteiger partial charge is 0.222 e. The third-order valence-electron chi connectivity index (χ3n) is 3.56. The number of carbonyl (C=O) groups excluding carboxylic acids is 1. The molecule has 1 rings (SSSR count). The minimum absolute atomic E-state index is 0.285. The number of aliphatic imine (C=N–C) groups is 1. The quantitative estimate of drug-likeness (QED) is 0.312. The molecular weight excluding hydrogens is 296 g/mol. The Morgan fingerprint density at radius 3 is 2.83 bits per heavy atom. The maximum absolute atomic E-state index is 11.5. The molecule has 0 spiro atoms. The summed E-state index contributed by atoms with van der Waals surface area (Å²) in [6.45, 7) is 8.14. The number of nitrogens with zero attached hydrogens (tertiary/aromatic N) is 2. The van der Waals surface area contributed by atoms with E-state index in [1.54, 1.807) is 7.11 Å². The third kappa shape index (κ3) is 9.40. The lowest BCUT2D eigenvalue weighted by Crippen LogP contribution is -2.38. The van der Waals surface area contributed by atoms with Crippen molar-refractivity contribution in [3.63, 3.8) is 0 Å². The third-order valence-corrected chi connectivity index (χ3v) is 3.56. The van der Waals surface area contributed by atoms with Crippen LogP contribution in [0, 0.1) is 0 Å². The Kier molecular flexibility index (Phi) is 11.3. The minimum Gasteiger partial charge on any atom is -0.382 e. The van der Waals surface area contributed by atoms with Gasteiger partial charge in [0, 0.05) is 52.9 Å². The van der Waals surface area contributed by atoms with Crippen molar-refractivity contribution in [2.75, 3.05) is 59.7 Å². The van der Waals surface area contributed by atoms with E-state index in [0.29, 0.717) is 26.2 Å².